The lowest BCUT2D eigenvalue weighted by molar-refractivity contribution is 0.117. The summed E-state index contributed by atoms with van der Waals surface area (Å²) in [6, 6.07) is 3.23. The average molecular weight is 444 g/mol. The standard InChI is InChI=1S/C23H35F2O4P/c1-4-28-30(26,29-5-2)13-7-12-27-20-11-10-19(21(24)22(20)25)23(3)15-17-8-6-9-18(14-17)16-23/h10-11,17-18H,4-9,12-16H2,1-3H3. The van der Waals surface area contributed by atoms with Crippen molar-refractivity contribution in [1.82, 2.24) is 0 Å². The Bertz CT molecular complexity index is 748. The third-order valence-corrected chi connectivity index (χ3v) is 8.72. The van der Waals surface area contributed by atoms with E-state index in [1.165, 1.54) is 31.7 Å². The maximum atomic E-state index is 15.0. The Labute approximate surface area is 179 Å². The first-order chi connectivity index (χ1) is 14.3. The Kier molecular flexibility index (Phi) is 7.97. The van der Waals surface area contributed by atoms with Gasteiger partial charge in [-0.05, 0) is 68.4 Å². The zero-order valence-electron chi connectivity index (χ0n) is 18.4. The summed E-state index contributed by atoms with van der Waals surface area (Å²) in [4.78, 5) is 0. The SMILES string of the molecule is CCOP(=O)(CCCOc1ccc(C2(C)CC3CCCC(C3)C2)c(F)c1F)OCC. The molecule has 1 aromatic carbocycles. The van der Waals surface area contributed by atoms with Crippen LogP contribution in [0.5, 0.6) is 5.75 Å². The highest BCUT2D eigenvalue weighted by Crippen LogP contribution is 2.51. The van der Waals surface area contributed by atoms with E-state index in [-0.39, 0.29) is 23.9 Å². The van der Waals surface area contributed by atoms with Gasteiger partial charge in [0.25, 0.3) is 0 Å². The first-order valence-electron chi connectivity index (χ1n) is 11.3. The van der Waals surface area contributed by atoms with E-state index in [2.05, 4.69) is 6.92 Å². The molecule has 0 amide bonds. The van der Waals surface area contributed by atoms with E-state index in [1.54, 1.807) is 19.9 Å². The van der Waals surface area contributed by atoms with Crippen LogP contribution in [0.25, 0.3) is 0 Å². The topological polar surface area (TPSA) is 44.8 Å². The molecule has 170 valence electrons. The molecule has 2 aliphatic carbocycles. The minimum absolute atomic E-state index is 0.0986. The lowest BCUT2D eigenvalue weighted by Gasteiger charge is -2.46. The summed E-state index contributed by atoms with van der Waals surface area (Å²) in [5, 5.41) is 0. The molecular weight excluding hydrogens is 409 g/mol. The van der Waals surface area contributed by atoms with Crippen LogP contribution in [0, 0.1) is 23.5 Å². The van der Waals surface area contributed by atoms with Crippen molar-refractivity contribution in [1.29, 1.82) is 0 Å². The summed E-state index contributed by atoms with van der Waals surface area (Å²) in [6.07, 6.45) is 7.27. The van der Waals surface area contributed by atoms with Gasteiger partial charge in [-0.3, -0.25) is 4.57 Å². The number of benzene rings is 1. The maximum absolute atomic E-state index is 15.0. The van der Waals surface area contributed by atoms with Crippen molar-refractivity contribution < 1.29 is 27.1 Å². The second-order valence-corrected chi connectivity index (χ2v) is 11.2. The van der Waals surface area contributed by atoms with Crippen molar-refractivity contribution in [2.45, 2.75) is 71.1 Å². The number of rotatable bonds is 10. The van der Waals surface area contributed by atoms with Gasteiger partial charge in [0.2, 0.25) is 5.82 Å². The molecule has 0 spiro atoms. The molecule has 2 unspecified atom stereocenters. The molecule has 7 heteroatoms. The molecule has 2 aliphatic rings. The molecular formula is C23H35F2O4P. The van der Waals surface area contributed by atoms with E-state index in [0.717, 1.165) is 12.8 Å². The highest BCUT2D eigenvalue weighted by Gasteiger charge is 2.42. The van der Waals surface area contributed by atoms with Crippen LogP contribution in [0.4, 0.5) is 8.78 Å². The van der Waals surface area contributed by atoms with Crippen molar-refractivity contribution in [2.75, 3.05) is 26.0 Å². The number of fused-ring (bicyclic) bond motifs is 2. The smallest absolute Gasteiger partial charge is 0.330 e. The molecule has 0 aromatic heterocycles. The van der Waals surface area contributed by atoms with Gasteiger partial charge < -0.3 is 13.8 Å². The minimum atomic E-state index is -3.15. The lowest BCUT2D eigenvalue weighted by Crippen LogP contribution is -2.37. The van der Waals surface area contributed by atoms with Crippen LogP contribution < -0.4 is 4.74 Å². The largest absolute Gasteiger partial charge is 0.490 e. The molecule has 2 saturated carbocycles. The summed E-state index contributed by atoms with van der Waals surface area (Å²) >= 11 is 0. The van der Waals surface area contributed by atoms with Gasteiger partial charge in [0.15, 0.2) is 11.6 Å². The minimum Gasteiger partial charge on any atom is -0.490 e. The molecule has 2 bridgehead atoms. The zero-order chi connectivity index (χ0) is 21.8. The molecule has 0 radical (unpaired) electrons. The number of ether oxygens (including phenoxy) is 1. The molecule has 1 aromatic rings. The Balaban J connectivity index is 1.63. The molecule has 0 aliphatic heterocycles. The fraction of sp³-hybridized carbons (Fsp3) is 0.739. The molecule has 0 saturated heterocycles. The second kappa shape index (κ2) is 10.1. The van der Waals surface area contributed by atoms with Crippen LogP contribution in [0.2, 0.25) is 0 Å². The van der Waals surface area contributed by atoms with E-state index in [4.69, 9.17) is 13.8 Å². The highest BCUT2D eigenvalue weighted by molar-refractivity contribution is 7.53. The van der Waals surface area contributed by atoms with Gasteiger partial charge in [0, 0.05) is 0 Å². The van der Waals surface area contributed by atoms with E-state index < -0.39 is 19.2 Å². The zero-order valence-corrected chi connectivity index (χ0v) is 19.3. The first-order valence-corrected chi connectivity index (χ1v) is 13.0. The van der Waals surface area contributed by atoms with E-state index in [0.29, 0.717) is 37.0 Å². The van der Waals surface area contributed by atoms with Gasteiger partial charge in [0.1, 0.15) is 0 Å². The monoisotopic (exact) mass is 444 g/mol. The highest BCUT2D eigenvalue weighted by atomic mass is 31.2. The molecule has 4 nitrogen and oxygen atoms in total. The quantitative estimate of drug-likeness (QED) is 0.292. The average Bonchev–Trinajstić information content (AvgIpc) is 2.68. The lowest BCUT2D eigenvalue weighted by atomic mass is 9.59. The maximum Gasteiger partial charge on any atom is 0.330 e. The number of hydrogen-bond acceptors (Lipinski definition) is 4. The third-order valence-electron chi connectivity index (χ3n) is 6.55. The van der Waals surface area contributed by atoms with Crippen LogP contribution in [-0.2, 0) is 19.0 Å². The van der Waals surface area contributed by atoms with Crippen molar-refractivity contribution >= 4 is 7.60 Å². The molecule has 2 fully saturated rings. The summed E-state index contributed by atoms with van der Waals surface area (Å²) in [7, 11) is -3.15. The summed E-state index contributed by atoms with van der Waals surface area (Å²) in [5.74, 6) is -0.579. The molecule has 2 atom stereocenters. The van der Waals surface area contributed by atoms with Crippen LogP contribution in [0.1, 0.15) is 71.3 Å². The predicted molar refractivity (Wildman–Crippen MR) is 114 cm³/mol. The Hall–Kier alpha value is -0.970. The van der Waals surface area contributed by atoms with E-state index in [9.17, 15) is 8.96 Å². The fourth-order valence-electron chi connectivity index (χ4n) is 5.46. The van der Waals surface area contributed by atoms with Gasteiger partial charge in [-0.1, -0.05) is 32.3 Å². The van der Waals surface area contributed by atoms with Crippen molar-refractivity contribution in [3.63, 3.8) is 0 Å². The van der Waals surface area contributed by atoms with E-state index >= 15 is 4.39 Å². The van der Waals surface area contributed by atoms with Crippen LogP contribution in [0.15, 0.2) is 12.1 Å². The number of hydrogen-bond donors (Lipinski definition) is 0. The normalized spacial score (nSPS) is 26.6. The summed E-state index contributed by atoms with van der Waals surface area (Å²) in [5.41, 5.74) is 0.153. The molecule has 30 heavy (non-hydrogen) atoms. The molecule has 0 N–H and O–H groups in total. The van der Waals surface area contributed by atoms with Crippen LogP contribution >= 0.6 is 7.60 Å². The predicted octanol–water partition coefficient (Wildman–Crippen LogP) is 6.86. The van der Waals surface area contributed by atoms with Crippen LogP contribution in [0.3, 0.4) is 0 Å². The van der Waals surface area contributed by atoms with Gasteiger partial charge in [0.05, 0.1) is 26.0 Å². The van der Waals surface area contributed by atoms with E-state index in [1.807, 2.05) is 0 Å². The van der Waals surface area contributed by atoms with Crippen molar-refractivity contribution in [3.8, 4) is 5.75 Å². The van der Waals surface area contributed by atoms with Crippen LogP contribution in [-0.4, -0.2) is 26.0 Å². The third kappa shape index (κ3) is 5.44. The first kappa shape index (κ1) is 23.7. The van der Waals surface area contributed by atoms with Gasteiger partial charge in [-0.2, -0.15) is 4.39 Å². The van der Waals surface area contributed by atoms with Gasteiger partial charge >= 0.3 is 7.60 Å². The Morgan fingerprint density at radius 2 is 1.70 bits per heavy atom. The Morgan fingerprint density at radius 1 is 1.07 bits per heavy atom. The fourth-order valence-corrected chi connectivity index (χ4v) is 7.10. The Morgan fingerprint density at radius 3 is 2.30 bits per heavy atom. The van der Waals surface area contributed by atoms with Crippen molar-refractivity contribution in [3.05, 3.63) is 29.3 Å². The molecule has 3 rings (SSSR count). The van der Waals surface area contributed by atoms with Gasteiger partial charge in [-0.25, -0.2) is 4.39 Å². The summed E-state index contributed by atoms with van der Waals surface area (Å²) in [6.45, 7) is 6.28. The number of halogens is 2. The van der Waals surface area contributed by atoms with Crippen molar-refractivity contribution in [2.24, 2.45) is 11.8 Å². The van der Waals surface area contributed by atoms with Gasteiger partial charge in [-0.15, -0.1) is 0 Å². The summed E-state index contributed by atoms with van der Waals surface area (Å²) < 4.78 is 58.2. The molecule has 0 heterocycles. The second-order valence-electron chi connectivity index (χ2n) is 8.98.